The lowest BCUT2D eigenvalue weighted by atomic mass is 9.96. The molecule has 3 aromatic rings. The fourth-order valence-electron chi connectivity index (χ4n) is 4.07. The number of nitriles is 1. The van der Waals surface area contributed by atoms with Gasteiger partial charge in [-0.25, -0.2) is 0 Å². The maximum Gasteiger partial charge on any atom is 0.164 e. The summed E-state index contributed by atoms with van der Waals surface area (Å²) in [5.74, 6) is 0. The van der Waals surface area contributed by atoms with Gasteiger partial charge in [-0.15, -0.1) is 5.11 Å². The van der Waals surface area contributed by atoms with Crippen LogP contribution in [-0.2, 0) is 4.74 Å². The monoisotopic (exact) mass is 526 g/mol. The lowest BCUT2D eigenvalue weighted by Gasteiger charge is -2.41. The van der Waals surface area contributed by atoms with Gasteiger partial charge in [0.25, 0.3) is 0 Å². The lowest BCUT2D eigenvalue weighted by molar-refractivity contribution is -0.251. The van der Waals surface area contributed by atoms with Crippen molar-refractivity contribution < 1.29 is 25.2 Å². The summed E-state index contributed by atoms with van der Waals surface area (Å²) < 4.78 is 7.23. The zero-order valence-corrected chi connectivity index (χ0v) is 20.6. The highest BCUT2D eigenvalue weighted by atomic mass is 35.5. The van der Waals surface area contributed by atoms with Gasteiger partial charge < -0.3 is 25.2 Å². The van der Waals surface area contributed by atoms with Crippen LogP contribution in [-0.4, -0.2) is 56.0 Å². The Balaban J connectivity index is 2.02. The first kappa shape index (κ1) is 26.1. The molecule has 0 unspecified atom stereocenters. The summed E-state index contributed by atoms with van der Waals surface area (Å²) in [6.07, 6.45) is -7.35. The molecule has 1 aliphatic heterocycles. The summed E-state index contributed by atoms with van der Waals surface area (Å²) in [5, 5.41) is 60.6. The molecule has 2 heterocycles. The summed E-state index contributed by atoms with van der Waals surface area (Å²) in [4.78, 5) is 0. The fourth-order valence-corrected chi connectivity index (χ4v) is 4.59. The number of aliphatic hydroxyl groups is 4. The van der Waals surface area contributed by atoms with Crippen LogP contribution in [0.5, 0.6) is 0 Å². The molecular weight excluding hydrogens is 504 g/mol. The molecular formula is C25H23ClN4O5S. The van der Waals surface area contributed by atoms with E-state index in [1.54, 1.807) is 55.5 Å². The number of azo groups is 1. The fraction of sp³-hybridized carbons (Fsp3) is 0.280. The lowest BCUT2D eigenvalue weighted by Crippen LogP contribution is -2.56. The summed E-state index contributed by atoms with van der Waals surface area (Å²) in [5.41, 5.74) is 2.36. The molecule has 1 aromatic heterocycles. The van der Waals surface area contributed by atoms with Gasteiger partial charge in [0.2, 0.25) is 0 Å². The van der Waals surface area contributed by atoms with Crippen molar-refractivity contribution in [1.29, 1.82) is 5.26 Å². The molecule has 11 heteroatoms. The van der Waals surface area contributed by atoms with Gasteiger partial charge in [-0.1, -0.05) is 54.2 Å². The molecule has 186 valence electrons. The van der Waals surface area contributed by atoms with Crippen LogP contribution in [0.4, 0.5) is 11.4 Å². The molecule has 0 radical (unpaired) electrons. The van der Waals surface area contributed by atoms with Gasteiger partial charge in [-0.3, -0.25) is 4.57 Å². The van der Waals surface area contributed by atoms with E-state index in [-0.39, 0.29) is 10.2 Å². The average molecular weight is 527 g/mol. The van der Waals surface area contributed by atoms with E-state index in [0.29, 0.717) is 33.2 Å². The van der Waals surface area contributed by atoms with Gasteiger partial charge >= 0.3 is 0 Å². The average Bonchev–Trinajstić information content (AvgIpc) is 2.89. The Morgan fingerprint density at radius 2 is 1.69 bits per heavy atom. The van der Waals surface area contributed by atoms with E-state index in [1.165, 1.54) is 4.57 Å². The van der Waals surface area contributed by atoms with Gasteiger partial charge in [0.05, 0.1) is 23.6 Å². The Morgan fingerprint density at radius 1 is 1.03 bits per heavy atom. The highest BCUT2D eigenvalue weighted by molar-refractivity contribution is 7.71. The Hall–Kier alpha value is -3.01. The molecule has 9 nitrogen and oxygen atoms in total. The van der Waals surface area contributed by atoms with E-state index in [0.717, 1.165) is 0 Å². The molecule has 1 fully saturated rings. The van der Waals surface area contributed by atoms with Gasteiger partial charge in [-0.05, 0) is 36.8 Å². The van der Waals surface area contributed by atoms with E-state index in [4.69, 9.17) is 28.6 Å². The molecule has 2 aromatic carbocycles. The maximum atomic E-state index is 10.9. The van der Waals surface area contributed by atoms with Crippen LogP contribution < -0.4 is 0 Å². The first-order valence-corrected chi connectivity index (χ1v) is 11.8. The number of halogens is 1. The number of pyridine rings is 1. The van der Waals surface area contributed by atoms with Crippen LogP contribution in [0.15, 0.2) is 64.8 Å². The number of ether oxygens (including phenoxy) is 1. The molecule has 0 aliphatic carbocycles. The van der Waals surface area contributed by atoms with Crippen molar-refractivity contribution in [2.45, 2.75) is 37.6 Å². The third-order valence-corrected chi connectivity index (χ3v) is 6.65. The third kappa shape index (κ3) is 4.83. The zero-order valence-electron chi connectivity index (χ0n) is 19.1. The highest BCUT2D eigenvalue weighted by Crippen LogP contribution is 2.41. The zero-order chi connectivity index (χ0) is 26.0. The van der Waals surface area contributed by atoms with Crippen LogP contribution in [0.1, 0.15) is 17.4 Å². The van der Waals surface area contributed by atoms with Crippen molar-refractivity contribution in [3.8, 4) is 17.3 Å². The quantitative estimate of drug-likeness (QED) is 0.289. The molecule has 4 rings (SSSR count). The first-order valence-electron chi connectivity index (χ1n) is 11.0. The number of nitrogens with zero attached hydrogens (tertiary/aromatic N) is 4. The van der Waals surface area contributed by atoms with Gasteiger partial charge in [0.1, 0.15) is 40.8 Å². The number of hydrogen-bond acceptors (Lipinski definition) is 9. The number of benzene rings is 2. The minimum atomic E-state index is -1.64. The van der Waals surface area contributed by atoms with E-state index in [1.807, 2.05) is 6.07 Å². The molecule has 0 amide bonds. The molecule has 1 saturated heterocycles. The number of rotatable bonds is 5. The topological polar surface area (TPSA) is 144 Å². The summed E-state index contributed by atoms with van der Waals surface area (Å²) in [6, 6.07) is 17.8. The van der Waals surface area contributed by atoms with Crippen molar-refractivity contribution in [3.63, 3.8) is 0 Å². The second-order valence-electron chi connectivity index (χ2n) is 8.25. The Kier molecular flexibility index (Phi) is 7.92. The predicted octanol–water partition coefficient (Wildman–Crippen LogP) is 4.11. The van der Waals surface area contributed by atoms with Crippen molar-refractivity contribution in [2.24, 2.45) is 10.2 Å². The Morgan fingerprint density at radius 3 is 2.31 bits per heavy atom. The van der Waals surface area contributed by atoms with Gasteiger partial charge in [-0.2, -0.15) is 10.4 Å². The molecule has 1 aliphatic rings. The van der Waals surface area contributed by atoms with E-state index < -0.39 is 37.3 Å². The smallest absolute Gasteiger partial charge is 0.164 e. The number of hydrogen-bond donors (Lipinski definition) is 4. The molecule has 4 N–H and O–H groups in total. The minimum Gasteiger partial charge on any atom is -0.394 e. The molecule has 5 atom stereocenters. The van der Waals surface area contributed by atoms with E-state index in [2.05, 4.69) is 16.3 Å². The van der Waals surface area contributed by atoms with E-state index >= 15 is 0 Å². The Bertz CT molecular complexity index is 1370. The molecule has 0 spiro atoms. The highest BCUT2D eigenvalue weighted by Gasteiger charge is 2.45. The van der Waals surface area contributed by atoms with Crippen molar-refractivity contribution in [1.82, 2.24) is 4.57 Å². The van der Waals surface area contributed by atoms with Crippen LogP contribution in [0.3, 0.4) is 0 Å². The normalized spacial score (nSPS) is 24.1. The third-order valence-electron chi connectivity index (χ3n) is 6.00. The summed E-state index contributed by atoms with van der Waals surface area (Å²) in [7, 11) is 0. The van der Waals surface area contributed by atoms with Crippen LogP contribution in [0.2, 0.25) is 5.02 Å². The second-order valence-corrected chi connectivity index (χ2v) is 9.07. The minimum absolute atomic E-state index is 0.0311. The standard InChI is InChI=1S/C25H23ClN4O5S/c1-13-17(11-27)25(36)30(24-23(34)22(33)21(32)18(12-31)35-24)20(14-5-3-2-4-6-14)19(13)29-28-16-9-7-15(26)8-10-16/h2-10,18,21-24,31-34H,12H2,1H3/t18-,21+,22+,23+,24-/m0/s1. The molecule has 0 bridgehead atoms. The van der Waals surface area contributed by atoms with Crippen molar-refractivity contribution in [3.05, 3.63) is 75.4 Å². The van der Waals surface area contributed by atoms with Crippen LogP contribution >= 0.6 is 23.8 Å². The molecule has 0 saturated carbocycles. The van der Waals surface area contributed by atoms with Crippen molar-refractivity contribution in [2.75, 3.05) is 6.61 Å². The summed E-state index contributed by atoms with van der Waals surface area (Å²) in [6.45, 7) is 1.07. The van der Waals surface area contributed by atoms with Gasteiger partial charge in [0.15, 0.2) is 6.23 Å². The maximum absolute atomic E-state index is 10.9. The molecule has 36 heavy (non-hydrogen) atoms. The SMILES string of the molecule is Cc1c(N=Nc2ccc(Cl)cc2)c(-c2ccccc2)n([C@H]2O[C@@H](CO)[C@@H](O)[C@@H](O)[C@H]2O)c(=S)c1C#N. The van der Waals surface area contributed by atoms with Crippen LogP contribution in [0.25, 0.3) is 11.3 Å². The van der Waals surface area contributed by atoms with E-state index in [9.17, 15) is 25.7 Å². The van der Waals surface area contributed by atoms with Crippen molar-refractivity contribution >= 4 is 35.2 Å². The summed E-state index contributed by atoms with van der Waals surface area (Å²) >= 11 is 11.6. The number of aromatic nitrogens is 1. The Labute approximate surface area is 217 Å². The van der Waals surface area contributed by atoms with Crippen LogP contribution in [0, 0.1) is 22.9 Å². The van der Waals surface area contributed by atoms with Gasteiger partial charge in [0, 0.05) is 10.6 Å². The second kappa shape index (κ2) is 10.9. The predicted molar refractivity (Wildman–Crippen MR) is 135 cm³/mol. The largest absolute Gasteiger partial charge is 0.394 e. The number of aliphatic hydroxyl groups excluding tert-OH is 4. The first-order chi connectivity index (χ1) is 17.3.